The quantitative estimate of drug-likeness (QED) is 0.181. The molecule has 2 aliphatic rings. The maximum absolute atomic E-state index is 14.4. The van der Waals surface area contributed by atoms with Gasteiger partial charge in [0.05, 0.1) is 12.7 Å². The standard InChI is InChI=1S/C42H53N7O8/c1-42(2,3)36-41(56)49-24-30(50)22-34(49)40(55)46-32(21-27-14-16-29(17-15-27)28-12-8-5-9-13-28)38(53)45-31(20-26-10-6-4-7-11-26)39(54)47-33(23-43)37(52)44-18-19-57-25-35(51)48-36/h4-17,30-34,36,50H,18-25,43H2,1-3H3,(H,44,52)(H,45,53)(H,46,55)(H,47,54)(H,48,51)/t30-,31-,32-,33-,34+,36-/m1/s1. The lowest BCUT2D eigenvalue weighted by Gasteiger charge is -2.35. The van der Waals surface area contributed by atoms with Gasteiger partial charge in [-0.1, -0.05) is 106 Å². The molecule has 5 rings (SSSR count). The Labute approximate surface area is 332 Å². The van der Waals surface area contributed by atoms with Crippen molar-refractivity contribution in [2.75, 3.05) is 32.8 Å². The number of hydrogen-bond acceptors (Lipinski definition) is 9. The molecule has 57 heavy (non-hydrogen) atoms. The number of rotatable bonds is 6. The van der Waals surface area contributed by atoms with Crippen molar-refractivity contribution >= 4 is 35.4 Å². The monoisotopic (exact) mass is 783 g/mol. The van der Waals surface area contributed by atoms with Gasteiger partial charge in [0, 0.05) is 38.9 Å². The van der Waals surface area contributed by atoms with Crippen LogP contribution in [0.15, 0.2) is 84.9 Å². The minimum Gasteiger partial charge on any atom is -0.391 e. The SMILES string of the molecule is CC(C)(C)[C@@H]1NC(=O)COCCNC(=O)[C@@H](CN)NC(=O)[C@@H](Cc2ccccc2)NC(=O)[C@@H](Cc2ccc(-c3ccccc3)cc2)NC(=O)[C@@H]2C[C@@H](O)CN2C1=O. The third-order valence-corrected chi connectivity index (χ3v) is 9.98. The smallest absolute Gasteiger partial charge is 0.246 e. The molecule has 3 aromatic rings. The summed E-state index contributed by atoms with van der Waals surface area (Å²) in [6.45, 7) is 4.34. The number of carbonyl (C=O) groups excluding carboxylic acids is 6. The van der Waals surface area contributed by atoms with E-state index in [2.05, 4.69) is 26.6 Å². The molecule has 15 nitrogen and oxygen atoms in total. The van der Waals surface area contributed by atoms with Gasteiger partial charge < -0.3 is 47.1 Å². The molecule has 0 aliphatic carbocycles. The van der Waals surface area contributed by atoms with Gasteiger partial charge in [0.2, 0.25) is 35.4 Å². The van der Waals surface area contributed by atoms with Crippen LogP contribution in [-0.2, 0) is 46.3 Å². The predicted molar refractivity (Wildman–Crippen MR) is 212 cm³/mol. The Balaban J connectivity index is 1.50. The first kappa shape index (κ1) is 42.5. The third-order valence-electron chi connectivity index (χ3n) is 9.98. The number of nitrogens with one attached hydrogen (secondary N) is 5. The van der Waals surface area contributed by atoms with Gasteiger partial charge in [-0.25, -0.2) is 0 Å². The number of ether oxygens (including phenoxy) is 1. The summed E-state index contributed by atoms with van der Waals surface area (Å²) in [5.74, 6) is -3.86. The van der Waals surface area contributed by atoms with Crippen LogP contribution in [0.4, 0.5) is 0 Å². The summed E-state index contributed by atoms with van der Waals surface area (Å²) < 4.78 is 5.46. The fourth-order valence-corrected chi connectivity index (χ4v) is 6.87. The highest BCUT2D eigenvalue weighted by molar-refractivity contribution is 5.97. The minimum absolute atomic E-state index is 0.00401. The first-order valence-electron chi connectivity index (χ1n) is 19.2. The Morgan fingerprint density at radius 3 is 1.84 bits per heavy atom. The van der Waals surface area contributed by atoms with Crippen molar-refractivity contribution in [1.82, 2.24) is 31.5 Å². The Bertz CT molecular complexity index is 1870. The Hall–Kier alpha value is -5.64. The highest BCUT2D eigenvalue weighted by Gasteiger charge is 2.45. The zero-order valence-corrected chi connectivity index (χ0v) is 32.5. The fourth-order valence-electron chi connectivity index (χ4n) is 6.87. The number of nitrogens with two attached hydrogens (primary N) is 1. The van der Waals surface area contributed by atoms with Crippen LogP contribution in [0, 0.1) is 5.41 Å². The molecule has 0 spiro atoms. The molecule has 6 atom stereocenters. The van der Waals surface area contributed by atoms with Crippen molar-refractivity contribution in [3.8, 4) is 11.1 Å². The van der Waals surface area contributed by atoms with Crippen molar-refractivity contribution in [2.24, 2.45) is 11.1 Å². The molecule has 0 aromatic heterocycles. The number of nitrogens with zero attached hydrogens (tertiary/aromatic N) is 1. The van der Waals surface area contributed by atoms with Crippen LogP contribution in [-0.4, -0.2) is 115 Å². The average Bonchev–Trinajstić information content (AvgIpc) is 3.59. The van der Waals surface area contributed by atoms with Gasteiger partial charge in [-0.3, -0.25) is 28.8 Å². The van der Waals surface area contributed by atoms with Gasteiger partial charge in [-0.15, -0.1) is 0 Å². The first-order chi connectivity index (χ1) is 27.2. The zero-order valence-electron chi connectivity index (χ0n) is 32.5. The van der Waals surface area contributed by atoms with Crippen LogP contribution < -0.4 is 32.3 Å². The summed E-state index contributed by atoms with van der Waals surface area (Å²) in [5.41, 5.74) is 8.44. The molecule has 2 heterocycles. The fraction of sp³-hybridized carbons (Fsp3) is 0.429. The molecule has 15 heteroatoms. The second kappa shape index (κ2) is 19.5. The van der Waals surface area contributed by atoms with Gasteiger partial charge in [0.25, 0.3) is 0 Å². The number of benzene rings is 3. The van der Waals surface area contributed by atoms with E-state index < -0.39 is 83.8 Å². The van der Waals surface area contributed by atoms with Crippen LogP contribution in [0.3, 0.4) is 0 Å². The normalized spacial score (nSPS) is 24.9. The summed E-state index contributed by atoms with van der Waals surface area (Å²) in [4.78, 5) is 83.9. The van der Waals surface area contributed by atoms with Gasteiger partial charge >= 0.3 is 0 Å². The third kappa shape index (κ3) is 11.7. The summed E-state index contributed by atoms with van der Waals surface area (Å²) in [6.07, 6.45) is -1.10. The predicted octanol–water partition coefficient (Wildman–Crippen LogP) is 0.191. The number of aliphatic hydroxyl groups is 1. The van der Waals surface area contributed by atoms with Crippen LogP contribution >= 0.6 is 0 Å². The maximum Gasteiger partial charge on any atom is 0.246 e. The molecule has 2 fully saturated rings. The molecule has 2 saturated heterocycles. The first-order valence-corrected chi connectivity index (χ1v) is 19.2. The molecule has 0 radical (unpaired) electrons. The van der Waals surface area contributed by atoms with Crippen molar-refractivity contribution < 1.29 is 38.6 Å². The Morgan fingerprint density at radius 1 is 0.702 bits per heavy atom. The molecule has 6 amide bonds. The summed E-state index contributed by atoms with van der Waals surface area (Å²) in [5, 5.41) is 24.4. The van der Waals surface area contributed by atoms with E-state index >= 15 is 0 Å². The molecule has 2 aliphatic heterocycles. The second-order valence-electron chi connectivity index (χ2n) is 15.5. The van der Waals surface area contributed by atoms with Gasteiger partial charge in [0.15, 0.2) is 0 Å². The van der Waals surface area contributed by atoms with Crippen LogP contribution in [0.25, 0.3) is 11.1 Å². The maximum atomic E-state index is 14.4. The summed E-state index contributed by atoms with van der Waals surface area (Å²) >= 11 is 0. The number of aliphatic hydroxyl groups excluding tert-OH is 1. The van der Waals surface area contributed by atoms with E-state index in [0.29, 0.717) is 5.56 Å². The van der Waals surface area contributed by atoms with Crippen molar-refractivity contribution in [1.29, 1.82) is 0 Å². The number of carbonyl (C=O) groups is 6. The molecular weight excluding hydrogens is 731 g/mol. The molecule has 3 aromatic carbocycles. The van der Waals surface area contributed by atoms with E-state index in [9.17, 15) is 33.9 Å². The van der Waals surface area contributed by atoms with E-state index in [-0.39, 0.29) is 45.5 Å². The number of fused-ring (bicyclic) bond motifs is 1. The summed E-state index contributed by atoms with van der Waals surface area (Å²) in [6, 6.07) is 20.3. The Kier molecular flexibility index (Phi) is 14.5. The molecule has 0 unspecified atom stereocenters. The Morgan fingerprint density at radius 2 is 1.25 bits per heavy atom. The molecule has 0 saturated carbocycles. The van der Waals surface area contributed by atoms with Gasteiger partial charge in [0.1, 0.15) is 36.8 Å². The lowest BCUT2D eigenvalue weighted by molar-refractivity contribution is -0.145. The molecule has 0 bridgehead atoms. The van der Waals surface area contributed by atoms with E-state index in [1.54, 1.807) is 45.0 Å². The topological polar surface area (TPSA) is 221 Å². The van der Waals surface area contributed by atoms with Crippen molar-refractivity contribution in [2.45, 2.75) is 76.3 Å². The lowest BCUT2D eigenvalue weighted by Crippen LogP contribution is -2.61. The zero-order chi connectivity index (χ0) is 41.1. The summed E-state index contributed by atoms with van der Waals surface area (Å²) in [7, 11) is 0. The average molecular weight is 784 g/mol. The number of hydrogen-bond donors (Lipinski definition) is 7. The highest BCUT2D eigenvalue weighted by Crippen LogP contribution is 2.27. The molecule has 8 N–H and O–H groups in total. The van der Waals surface area contributed by atoms with Crippen molar-refractivity contribution in [3.63, 3.8) is 0 Å². The lowest BCUT2D eigenvalue weighted by atomic mass is 9.85. The largest absolute Gasteiger partial charge is 0.391 e. The van der Waals surface area contributed by atoms with Crippen LogP contribution in [0.2, 0.25) is 0 Å². The minimum atomic E-state index is -1.25. The van der Waals surface area contributed by atoms with Crippen molar-refractivity contribution in [3.05, 3.63) is 96.1 Å². The second-order valence-corrected chi connectivity index (χ2v) is 15.5. The highest BCUT2D eigenvalue weighted by atomic mass is 16.5. The van der Waals surface area contributed by atoms with E-state index in [4.69, 9.17) is 10.5 Å². The van der Waals surface area contributed by atoms with E-state index in [0.717, 1.165) is 16.7 Å². The van der Waals surface area contributed by atoms with E-state index in [1.807, 2.05) is 60.7 Å². The van der Waals surface area contributed by atoms with Gasteiger partial charge in [-0.05, 0) is 27.7 Å². The van der Waals surface area contributed by atoms with Crippen LogP contribution in [0.5, 0.6) is 0 Å². The molecular formula is C42H53N7O8. The molecule has 304 valence electrons. The van der Waals surface area contributed by atoms with E-state index in [1.165, 1.54) is 4.90 Å². The van der Waals surface area contributed by atoms with Crippen LogP contribution in [0.1, 0.15) is 38.3 Å². The number of amides is 6. The van der Waals surface area contributed by atoms with Gasteiger partial charge in [-0.2, -0.15) is 0 Å².